The molecule has 0 spiro atoms. The van der Waals surface area contributed by atoms with E-state index in [2.05, 4.69) is 22.0 Å². The smallest absolute Gasteiger partial charge is 0.263 e. The highest BCUT2D eigenvalue weighted by atomic mass is 79.9. The third kappa shape index (κ3) is 1.41. The third-order valence-electron chi connectivity index (χ3n) is 3.74. The zero-order chi connectivity index (χ0) is 13.7. The molecule has 4 aromatic rings. The summed E-state index contributed by atoms with van der Waals surface area (Å²) in [6.07, 6.45) is 1.90. The molecule has 96 valence electrons. The molecule has 0 fully saturated rings. The quantitative estimate of drug-likeness (QED) is 0.475. The number of aromatic nitrogens is 1. The van der Waals surface area contributed by atoms with Gasteiger partial charge < -0.3 is 0 Å². The molecule has 2 heterocycles. The summed E-state index contributed by atoms with van der Waals surface area (Å²) in [5, 5.41) is 3.98. The molecule has 0 saturated carbocycles. The summed E-state index contributed by atoms with van der Waals surface area (Å²) in [5.41, 5.74) is 1.93. The number of rotatable bonds is 1. The number of hydrogen-bond acceptors (Lipinski definition) is 1. The maximum Gasteiger partial charge on any atom is 0.263 e. The summed E-state index contributed by atoms with van der Waals surface area (Å²) in [5.74, 6) is 0. The van der Waals surface area contributed by atoms with E-state index in [-0.39, 0.29) is 5.56 Å². The van der Waals surface area contributed by atoms with Gasteiger partial charge in [-0.05, 0) is 28.6 Å². The molecule has 20 heavy (non-hydrogen) atoms. The van der Waals surface area contributed by atoms with Crippen molar-refractivity contribution in [2.75, 3.05) is 0 Å². The zero-order valence-electron chi connectivity index (χ0n) is 10.5. The molecule has 0 radical (unpaired) electrons. The number of nitrogens with zero attached hydrogens (tertiary/aromatic N) is 1. The van der Waals surface area contributed by atoms with Gasteiger partial charge in [-0.15, -0.1) is 0 Å². The Morgan fingerprint density at radius 2 is 1.70 bits per heavy atom. The van der Waals surface area contributed by atoms with Gasteiger partial charge in [-0.2, -0.15) is 0 Å². The Labute approximate surface area is 123 Å². The highest BCUT2D eigenvalue weighted by molar-refractivity contribution is 9.11. The van der Waals surface area contributed by atoms with Crippen LogP contribution in [-0.2, 0) is 0 Å². The Bertz CT molecular complexity index is 1030. The second-order valence-corrected chi connectivity index (χ2v) is 5.32. The van der Waals surface area contributed by atoms with Crippen molar-refractivity contribution < 1.29 is 0 Å². The average molecular weight is 324 g/mol. The van der Waals surface area contributed by atoms with Crippen LogP contribution < -0.4 is 5.56 Å². The minimum atomic E-state index is 0.0369. The van der Waals surface area contributed by atoms with Crippen LogP contribution in [0, 0.1) is 0 Å². The van der Waals surface area contributed by atoms with Gasteiger partial charge in [0.25, 0.3) is 5.56 Å². The fourth-order valence-corrected chi connectivity index (χ4v) is 3.20. The molecular weight excluding hydrogens is 314 g/mol. The molecule has 0 N–H and O–H groups in total. The van der Waals surface area contributed by atoms with Gasteiger partial charge >= 0.3 is 0 Å². The standard InChI is InChI=1S/C17H10BrNO/c18-9-8-12-10-11-4-3-7-14-13-5-1-2-6-15(13)17(20)19(12)16(11)14/h1-10H. The van der Waals surface area contributed by atoms with Crippen molar-refractivity contribution in [2.45, 2.75) is 0 Å². The van der Waals surface area contributed by atoms with Crippen LogP contribution in [0.2, 0.25) is 0 Å². The molecule has 0 atom stereocenters. The SMILES string of the molecule is O=c1c2ccccc2c2cccc3cc(C=CBr)n1c32. The molecule has 2 aromatic carbocycles. The second kappa shape index (κ2) is 4.18. The molecule has 0 bridgehead atoms. The Hall–Kier alpha value is -2.13. The number of halogens is 1. The van der Waals surface area contributed by atoms with Crippen LogP contribution >= 0.6 is 15.9 Å². The van der Waals surface area contributed by atoms with E-state index in [1.165, 1.54) is 0 Å². The van der Waals surface area contributed by atoms with E-state index in [1.807, 2.05) is 48.5 Å². The highest BCUT2D eigenvalue weighted by Gasteiger charge is 2.13. The van der Waals surface area contributed by atoms with Gasteiger partial charge in [-0.1, -0.05) is 52.3 Å². The highest BCUT2D eigenvalue weighted by Crippen LogP contribution is 2.29. The Kier molecular flexibility index (Phi) is 2.44. The van der Waals surface area contributed by atoms with Crippen molar-refractivity contribution in [1.29, 1.82) is 0 Å². The van der Waals surface area contributed by atoms with Crippen molar-refractivity contribution in [2.24, 2.45) is 0 Å². The van der Waals surface area contributed by atoms with Gasteiger partial charge in [-0.25, -0.2) is 0 Å². The number of hydrogen-bond donors (Lipinski definition) is 0. The zero-order valence-corrected chi connectivity index (χ0v) is 12.1. The van der Waals surface area contributed by atoms with Crippen LogP contribution in [0.3, 0.4) is 0 Å². The Morgan fingerprint density at radius 1 is 0.950 bits per heavy atom. The third-order valence-corrected chi connectivity index (χ3v) is 4.00. The molecule has 0 saturated heterocycles. The lowest BCUT2D eigenvalue weighted by atomic mass is 10.1. The molecular formula is C17H10BrNO. The van der Waals surface area contributed by atoms with Gasteiger partial charge in [0.1, 0.15) is 0 Å². The molecule has 3 heteroatoms. The van der Waals surface area contributed by atoms with Gasteiger partial charge in [-0.3, -0.25) is 9.20 Å². The number of para-hydroxylation sites is 1. The van der Waals surface area contributed by atoms with E-state index in [9.17, 15) is 4.79 Å². The molecule has 0 aliphatic heterocycles. The van der Waals surface area contributed by atoms with Crippen LogP contribution in [0.5, 0.6) is 0 Å². The average Bonchev–Trinajstić information content (AvgIpc) is 2.84. The van der Waals surface area contributed by atoms with E-state index in [0.29, 0.717) is 0 Å². The minimum Gasteiger partial charge on any atom is -0.276 e. The lowest BCUT2D eigenvalue weighted by Gasteiger charge is -2.06. The summed E-state index contributed by atoms with van der Waals surface area (Å²) < 4.78 is 1.80. The lowest BCUT2D eigenvalue weighted by molar-refractivity contribution is 1.14. The van der Waals surface area contributed by atoms with Crippen molar-refractivity contribution in [3.8, 4) is 0 Å². The maximum atomic E-state index is 12.8. The van der Waals surface area contributed by atoms with Crippen molar-refractivity contribution in [3.05, 3.63) is 69.6 Å². The van der Waals surface area contributed by atoms with E-state index in [1.54, 1.807) is 9.39 Å². The summed E-state index contributed by atoms with van der Waals surface area (Å²) >= 11 is 3.29. The van der Waals surface area contributed by atoms with Crippen LogP contribution in [0.15, 0.2) is 58.3 Å². The van der Waals surface area contributed by atoms with Crippen molar-refractivity contribution in [1.82, 2.24) is 4.40 Å². The van der Waals surface area contributed by atoms with Gasteiger partial charge in [0.15, 0.2) is 0 Å². The Balaban J connectivity index is 2.43. The van der Waals surface area contributed by atoms with Crippen molar-refractivity contribution in [3.63, 3.8) is 0 Å². The van der Waals surface area contributed by atoms with Crippen LogP contribution in [0.25, 0.3) is 33.1 Å². The molecule has 2 aromatic heterocycles. The first-order valence-corrected chi connectivity index (χ1v) is 7.28. The fourth-order valence-electron chi connectivity index (χ4n) is 2.93. The number of pyridine rings is 1. The Morgan fingerprint density at radius 3 is 2.50 bits per heavy atom. The van der Waals surface area contributed by atoms with Gasteiger partial charge in [0, 0.05) is 16.2 Å². The van der Waals surface area contributed by atoms with E-state index in [4.69, 9.17) is 0 Å². The molecule has 0 aliphatic carbocycles. The van der Waals surface area contributed by atoms with Gasteiger partial charge in [0.2, 0.25) is 0 Å². The number of benzene rings is 2. The maximum absolute atomic E-state index is 12.8. The van der Waals surface area contributed by atoms with Crippen LogP contribution in [0.4, 0.5) is 0 Å². The van der Waals surface area contributed by atoms with Crippen molar-refractivity contribution >= 4 is 49.1 Å². The monoisotopic (exact) mass is 323 g/mol. The van der Waals surface area contributed by atoms with Crippen LogP contribution in [0.1, 0.15) is 5.69 Å². The minimum absolute atomic E-state index is 0.0369. The normalized spacial score (nSPS) is 12.2. The van der Waals surface area contributed by atoms with Gasteiger partial charge in [0.05, 0.1) is 11.2 Å². The van der Waals surface area contributed by atoms with E-state index >= 15 is 0 Å². The predicted octanol–water partition coefficient (Wildman–Crippen LogP) is 4.41. The summed E-state index contributed by atoms with van der Waals surface area (Å²) in [6, 6.07) is 16.0. The largest absolute Gasteiger partial charge is 0.276 e. The summed E-state index contributed by atoms with van der Waals surface area (Å²) in [4.78, 5) is 14.5. The summed E-state index contributed by atoms with van der Waals surface area (Å²) in [7, 11) is 0. The first-order chi connectivity index (χ1) is 9.81. The second-order valence-electron chi connectivity index (χ2n) is 4.79. The van der Waals surface area contributed by atoms with Crippen LogP contribution in [-0.4, -0.2) is 4.40 Å². The first-order valence-electron chi connectivity index (χ1n) is 6.36. The topological polar surface area (TPSA) is 21.5 Å². The summed E-state index contributed by atoms with van der Waals surface area (Å²) in [6.45, 7) is 0. The molecule has 2 nitrogen and oxygen atoms in total. The number of fused-ring (bicyclic) bond motifs is 2. The molecule has 0 unspecified atom stereocenters. The predicted molar refractivity (Wildman–Crippen MR) is 87.8 cm³/mol. The molecule has 0 aliphatic rings. The molecule has 4 rings (SSSR count). The first kappa shape index (κ1) is 11.7. The van der Waals surface area contributed by atoms with E-state index in [0.717, 1.165) is 32.8 Å². The fraction of sp³-hybridized carbons (Fsp3) is 0. The lowest BCUT2D eigenvalue weighted by Crippen LogP contribution is -2.14. The molecule has 0 amide bonds. The van der Waals surface area contributed by atoms with E-state index < -0.39 is 0 Å².